The van der Waals surface area contributed by atoms with Crippen LogP contribution in [0.1, 0.15) is 17.2 Å². The summed E-state index contributed by atoms with van der Waals surface area (Å²) in [5, 5.41) is 3.39. The Morgan fingerprint density at radius 3 is 2.67 bits per heavy atom. The van der Waals surface area contributed by atoms with Crippen molar-refractivity contribution in [2.45, 2.75) is 6.04 Å². The molecule has 2 aromatic carbocycles. The molecule has 0 spiro atoms. The molecular weight excluding hydrogens is 278 g/mol. The minimum Gasteiger partial charge on any atom is -0.378 e. The number of anilines is 1. The fraction of sp³-hybridized carbons (Fsp3) is 0.176. The van der Waals surface area contributed by atoms with E-state index in [0.29, 0.717) is 0 Å². The molecule has 3 aromatic rings. The third kappa shape index (κ3) is 2.65. The average Bonchev–Trinajstić information content (AvgIpc) is 2.97. The Hall–Kier alpha value is -1.88. The topological polar surface area (TPSA) is 41.3 Å². The van der Waals surface area contributed by atoms with Gasteiger partial charge in [-0.25, -0.2) is 5.43 Å². The molecular formula is C17H19N3S. The highest BCUT2D eigenvalue weighted by atomic mass is 32.1. The summed E-state index contributed by atoms with van der Waals surface area (Å²) in [7, 11) is 4.09. The number of hydrogen-bond donors (Lipinski definition) is 2. The minimum absolute atomic E-state index is 0.00718. The molecule has 0 amide bonds. The quantitative estimate of drug-likeness (QED) is 0.572. The smallest absolute Gasteiger partial charge is 0.0724 e. The van der Waals surface area contributed by atoms with Gasteiger partial charge >= 0.3 is 0 Å². The van der Waals surface area contributed by atoms with Gasteiger partial charge in [0.25, 0.3) is 0 Å². The van der Waals surface area contributed by atoms with E-state index in [0.717, 1.165) is 0 Å². The second-order valence-corrected chi connectivity index (χ2v) is 6.19. The van der Waals surface area contributed by atoms with Gasteiger partial charge in [0.15, 0.2) is 0 Å². The molecule has 1 heterocycles. The second kappa shape index (κ2) is 5.85. The number of hydrazine groups is 1. The SMILES string of the molecule is CN(C)c1cccc(C(NN)c2cccc3ccsc23)c1. The van der Waals surface area contributed by atoms with Gasteiger partial charge in [-0.2, -0.15) is 0 Å². The Morgan fingerprint density at radius 1 is 1.10 bits per heavy atom. The molecule has 3 N–H and O–H groups in total. The first kappa shape index (κ1) is 14.1. The van der Waals surface area contributed by atoms with Crippen LogP contribution in [0.4, 0.5) is 5.69 Å². The summed E-state index contributed by atoms with van der Waals surface area (Å²) in [5.41, 5.74) is 6.54. The standard InChI is InChI=1S/C17H19N3S/c1-20(2)14-7-3-6-13(11-14)16(19-18)15-8-4-5-12-9-10-21-17(12)15/h3-11,16,19H,18H2,1-2H3. The van der Waals surface area contributed by atoms with Crippen molar-refractivity contribution in [1.82, 2.24) is 5.43 Å². The van der Waals surface area contributed by atoms with E-state index in [4.69, 9.17) is 5.84 Å². The lowest BCUT2D eigenvalue weighted by molar-refractivity contribution is 0.641. The van der Waals surface area contributed by atoms with E-state index in [2.05, 4.69) is 64.2 Å². The maximum atomic E-state index is 5.86. The Balaban J connectivity index is 2.10. The van der Waals surface area contributed by atoms with Crippen molar-refractivity contribution in [1.29, 1.82) is 0 Å². The molecule has 0 saturated carbocycles. The van der Waals surface area contributed by atoms with Crippen LogP contribution in [0.15, 0.2) is 53.9 Å². The summed E-state index contributed by atoms with van der Waals surface area (Å²) in [6.07, 6.45) is 0. The monoisotopic (exact) mass is 297 g/mol. The highest BCUT2D eigenvalue weighted by molar-refractivity contribution is 7.17. The minimum atomic E-state index is -0.00718. The Kier molecular flexibility index (Phi) is 3.92. The predicted molar refractivity (Wildman–Crippen MR) is 91.8 cm³/mol. The Labute approximate surface area is 129 Å². The lowest BCUT2D eigenvalue weighted by atomic mass is 9.98. The van der Waals surface area contributed by atoms with Crippen molar-refractivity contribution < 1.29 is 0 Å². The van der Waals surface area contributed by atoms with Gasteiger partial charge in [0.05, 0.1) is 6.04 Å². The van der Waals surface area contributed by atoms with Crippen LogP contribution in [-0.4, -0.2) is 14.1 Å². The summed E-state index contributed by atoms with van der Waals surface area (Å²) in [4.78, 5) is 2.10. The fourth-order valence-electron chi connectivity index (χ4n) is 2.59. The molecule has 0 radical (unpaired) electrons. The summed E-state index contributed by atoms with van der Waals surface area (Å²) in [6, 6.07) is 17.0. The highest BCUT2D eigenvalue weighted by Gasteiger charge is 2.16. The van der Waals surface area contributed by atoms with Crippen LogP contribution in [0.3, 0.4) is 0 Å². The van der Waals surface area contributed by atoms with Gasteiger partial charge in [-0.1, -0.05) is 30.3 Å². The van der Waals surface area contributed by atoms with Gasteiger partial charge in [0.1, 0.15) is 0 Å². The van der Waals surface area contributed by atoms with Crippen molar-refractivity contribution >= 4 is 27.1 Å². The van der Waals surface area contributed by atoms with Crippen LogP contribution in [0, 0.1) is 0 Å². The number of thiophene rings is 1. The molecule has 0 aliphatic rings. The predicted octanol–water partition coefficient (Wildman–Crippen LogP) is 3.52. The van der Waals surface area contributed by atoms with Crippen molar-refractivity contribution in [3.63, 3.8) is 0 Å². The van der Waals surface area contributed by atoms with E-state index in [-0.39, 0.29) is 6.04 Å². The molecule has 1 aromatic heterocycles. The van der Waals surface area contributed by atoms with Crippen molar-refractivity contribution in [2.75, 3.05) is 19.0 Å². The first-order chi connectivity index (χ1) is 10.2. The van der Waals surface area contributed by atoms with E-state index in [9.17, 15) is 0 Å². The van der Waals surface area contributed by atoms with Crippen LogP contribution in [0.2, 0.25) is 0 Å². The number of fused-ring (bicyclic) bond motifs is 1. The molecule has 4 heteroatoms. The first-order valence-corrected chi connectivity index (χ1v) is 7.78. The molecule has 0 saturated heterocycles. The number of nitrogens with zero attached hydrogens (tertiary/aromatic N) is 1. The summed E-state index contributed by atoms with van der Waals surface area (Å²) < 4.78 is 1.29. The van der Waals surface area contributed by atoms with E-state index in [1.54, 1.807) is 11.3 Å². The number of rotatable bonds is 4. The lowest BCUT2D eigenvalue weighted by Crippen LogP contribution is -2.29. The van der Waals surface area contributed by atoms with Crippen molar-refractivity contribution in [2.24, 2.45) is 5.84 Å². The van der Waals surface area contributed by atoms with Gasteiger partial charge < -0.3 is 4.90 Å². The van der Waals surface area contributed by atoms with Crippen LogP contribution in [0.25, 0.3) is 10.1 Å². The zero-order valence-corrected chi connectivity index (χ0v) is 13.0. The van der Waals surface area contributed by atoms with Crippen LogP contribution >= 0.6 is 11.3 Å². The van der Waals surface area contributed by atoms with E-state index >= 15 is 0 Å². The summed E-state index contributed by atoms with van der Waals surface area (Å²) in [5.74, 6) is 5.86. The first-order valence-electron chi connectivity index (χ1n) is 6.90. The van der Waals surface area contributed by atoms with Crippen LogP contribution in [0.5, 0.6) is 0 Å². The summed E-state index contributed by atoms with van der Waals surface area (Å²) >= 11 is 1.76. The zero-order valence-electron chi connectivity index (χ0n) is 12.2. The zero-order chi connectivity index (χ0) is 14.8. The molecule has 0 aliphatic carbocycles. The highest BCUT2D eigenvalue weighted by Crippen LogP contribution is 2.32. The molecule has 0 bridgehead atoms. The van der Waals surface area contributed by atoms with E-state index in [1.807, 2.05) is 14.1 Å². The molecule has 1 unspecified atom stereocenters. The molecule has 3 nitrogen and oxygen atoms in total. The maximum Gasteiger partial charge on any atom is 0.0724 e. The third-order valence-electron chi connectivity index (χ3n) is 3.71. The second-order valence-electron chi connectivity index (χ2n) is 5.28. The number of hydrogen-bond acceptors (Lipinski definition) is 4. The van der Waals surface area contributed by atoms with Crippen LogP contribution < -0.4 is 16.2 Å². The lowest BCUT2D eigenvalue weighted by Gasteiger charge is -2.20. The fourth-order valence-corrected chi connectivity index (χ4v) is 3.54. The van der Waals surface area contributed by atoms with Crippen molar-refractivity contribution in [3.05, 3.63) is 65.0 Å². The van der Waals surface area contributed by atoms with Crippen LogP contribution in [-0.2, 0) is 0 Å². The van der Waals surface area contributed by atoms with Gasteiger partial charge in [-0.15, -0.1) is 11.3 Å². The Bertz CT molecular complexity index is 748. The van der Waals surface area contributed by atoms with E-state index < -0.39 is 0 Å². The van der Waals surface area contributed by atoms with Gasteiger partial charge in [0, 0.05) is 24.5 Å². The normalized spacial score (nSPS) is 12.5. The van der Waals surface area contributed by atoms with Gasteiger partial charge in [-0.05, 0) is 40.1 Å². The maximum absolute atomic E-state index is 5.86. The van der Waals surface area contributed by atoms with E-state index in [1.165, 1.54) is 26.9 Å². The average molecular weight is 297 g/mol. The molecule has 0 aliphatic heterocycles. The molecule has 3 rings (SSSR count). The molecule has 108 valence electrons. The third-order valence-corrected chi connectivity index (χ3v) is 4.69. The van der Waals surface area contributed by atoms with Gasteiger partial charge in [0.2, 0.25) is 0 Å². The largest absolute Gasteiger partial charge is 0.378 e. The number of nitrogens with two attached hydrogens (primary N) is 1. The summed E-state index contributed by atoms with van der Waals surface area (Å²) in [6.45, 7) is 0. The molecule has 1 atom stereocenters. The molecule has 21 heavy (non-hydrogen) atoms. The van der Waals surface area contributed by atoms with Gasteiger partial charge in [-0.3, -0.25) is 5.84 Å². The Morgan fingerprint density at radius 2 is 1.90 bits per heavy atom. The number of nitrogens with one attached hydrogen (secondary N) is 1. The number of benzene rings is 2. The molecule has 0 fully saturated rings. The van der Waals surface area contributed by atoms with Crippen molar-refractivity contribution in [3.8, 4) is 0 Å².